The highest BCUT2D eigenvalue weighted by Gasteiger charge is 2.64. The van der Waals surface area contributed by atoms with Crippen molar-refractivity contribution >= 4 is 15.7 Å². The molecule has 0 aliphatic carbocycles. The molecule has 2 fully saturated rings. The van der Waals surface area contributed by atoms with Gasteiger partial charge in [-0.2, -0.15) is 4.98 Å². The summed E-state index contributed by atoms with van der Waals surface area (Å²) in [5, 5.41) is 3.92. The molecule has 30 heavy (non-hydrogen) atoms. The predicted octanol–water partition coefficient (Wildman–Crippen LogP) is 2.19. The van der Waals surface area contributed by atoms with E-state index in [9.17, 15) is 17.6 Å². The molecule has 2 aromatic heterocycles. The van der Waals surface area contributed by atoms with Crippen molar-refractivity contribution in [2.24, 2.45) is 0 Å². The molecule has 8 nitrogen and oxygen atoms in total. The van der Waals surface area contributed by atoms with E-state index in [1.54, 1.807) is 30.3 Å². The Kier molecular flexibility index (Phi) is 4.28. The lowest BCUT2D eigenvalue weighted by Crippen LogP contribution is -2.67. The number of likely N-dealkylation sites (tertiary alicyclic amines) is 1. The standard InChI is InChI=1S/C20H18FN3O5S/c21-15-5-2-1-4-13(15)10-17-22-18(29-23-17)14-7-9-30(26,27)20(14)11-24(12-20)19(25)16-6-3-8-28-16/h1-6,8,14H,7,9-12H2. The number of benzene rings is 1. The van der Waals surface area contributed by atoms with Crippen LogP contribution in [0.5, 0.6) is 0 Å². The van der Waals surface area contributed by atoms with Crippen molar-refractivity contribution in [1.82, 2.24) is 15.0 Å². The largest absolute Gasteiger partial charge is 0.459 e. The van der Waals surface area contributed by atoms with Crippen molar-refractivity contribution in [2.75, 3.05) is 18.8 Å². The molecule has 2 aliphatic heterocycles. The van der Waals surface area contributed by atoms with Gasteiger partial charge in [0.05, 0.1) is 17.9 Å². The minimum atomic E-state index is -3.45. The third-order valence-electron chi connectivity index (χ3n) is 5.95. The highest BCUT2D eigenvalue weighted by Crippen LogP contribution is 2.49. The maximum Gasteiger partial charge on any atom is 0.289 e. The molecule has 5 rings (SSSR count). The minimum absolute atomic E-state index is 0.00846. The summed E-state index contributed by atoms with van der Waals surface area (Å²) in [6, 6.07) is 9.45. The monoisotopic (exact) mass is 431 g/mol. The maximum absolute atomic E-state index is 13.9. The third kappa shape index (κ3) is 2.85. The molecule has 2 saturated heterocycles. The second-order valence-electron chi connectivity index (χ2n) is 7.68. The number of hydrogen-bond acceptors (Lipinski definition) is 7. The fourth-order valence-electron chi connectivity index (χ4n) is 4.31. The fourth-order valence-corrected chi connectivity index (χ4v) is 6.62. The molecule has 1 unspecified atom stereocenters. The maximum atomic E-state index is 13.9. The molecule has 0 radical (unpaired) electrons. The van der Waals surface area contributed by atoms with Crippen LogP contribution in [0.3, 0.4) is 0 Å². The van der Waals surface area contributed by atoms with E-state index in [0.29, 0.717) is 12.0 Å². The second kappa shape index (κ2) is 6.76. The van der Waals surface area contributed by atoms with Gasteiger partial charge in [-0.3, -0.25) is 4.79 Å². The summed E-state index contributed by atoms with van der Waals surface area (Å²) in [6.45, 7) is 0.0924. The van der Waals surface area contributed by atoms with Gasteiger partial charge in [0.2, 0.25) is 5.89 Å². The lowest BCUT2D eigenvalue weighted by molar-refractivity contribution is 0.0472. The van der Waals surface area contributed by atoms with Crippen LogP contribution in [0.15, 0.2) is 51.6 Å². The van der Waals surface area contributed by atoms with E-state index in [1.807, 2.05) is 0 Å². The lowest BCUT2D eigenvalue weighted by atomic mass is 9.83. The first-order valence-electron chi connectivity index (χ1n) is 9.51. The smallest absolute Gasteiger partial charge is 0.289 e. The second-order valence-corrected chi connectivity index (χ2v) is 10.1. The van der Waals surface area contributed by atoms with Gasteiger partial charge in [-0.25, -0.2) is 12.8 Å². The van der Waals surface area contributed by atoms with Crippen LogP contribution in [-0.4, -0.2) is 53.0 Å². The van der Waals surface area contributed by atoms with Crippen molar-refractivity contribution in [3.63, 3.8) is 0 Å². The van der Waals surface area contributed by atoms with E-state index in [0.717, 1.165) is 0 Å². The van der Waals surface area contributed by atoms with Crippen molar-refractivity contribution in [2.45, 2.75) is 23.5 Å². The number of nitrogens with zero attached hydrogens (tertiary/aromatic N) is 3. The Hall–Kier alpha value is -3.01. The summed E-state index contributed by atoms with van der Waals surface area (Å²) in [7, 11) is -3.45. The molecule has 1 aromatic carbocycles. The first-order chi connectivity index (χ1) is 14.4. The summed E-state index contributed by atoms with van der Waals surface area (Å²) in [6.07, 6.45) is 1.88. The van der Waals surface area contributed by atoms with Gasteiger partial charge in [-0.15, -0.1) is 0 Å². The van der Waals surface area contributed by atoms with E-state index < -0.39 is 20.5 Å². The number of rotatable bonds is 4. The number of aromatic nitrogens is 2. The van der Waals surface area contributed by atoms with Crippen LogP contribution in [-0.2, 0) is 16.3 Å². The van der Waals surface area contributed by atoms with E-state index >= 15 is 0 Å². The van der Waals surface area contributed by atoms with Crippen molar-refractivity contribution < 1.29 is 26.5 Å². The summed E-state index contributed by atoms with van der Waals surface area (Å²) in [4.78, 5) is 18.3. The van der Waals surface area contributed by atoms with Crippen LogP contribution in [0, 0.1) is 5.82 Å². The Balaban J connectivity index is 1.38. The van der Waals surface area contributed by atoms with Gasteiger partial charge in [0, 0.05) is 19.5 Å². The molecule has 1 spiro atoms. The van der Waals surface area contributed by atoms with E-state index in [1.165, 1.54) is 17.2 Å². The van der Waals surface area contributed by atoms with Gasteiger partial charge in [0.25, 0.3) is 5.91 Å². The van der Waals surface area contributed by atoms with Crippen LogP contribution in [0.4, 0.5) is 4.39 Å². The number of sulfone groups is 1. The highest BCUT2D eigenvalue weighted by atomic mass is 32.2. The summed E-state index contributed by atoms with van der Waals surface area (Å²) in [5.74, 6) is -0.561. The van der Waals surface area contributed by atoms with Gasteiger partial charge in [-0.1, -0.05) is 23.4 Å². The molecule has 2 aliphatic rings. The first kappa shape index (κ1) is 19.0. The molecule has 10 heteroatoms. The summed E-state index contributed by atoms with van der Waals surface area (Å²) >= 11 is 0. The zero-order valence-electron chi connectivity index (χ0n) is 15.8. The fraction of sp³-hybridized carbons (Fsp3) is 0.350. The minimum Gasteiger partial charge on any atom is -0.459 e. The predicted molar refractivity (Wildman–Crippen MR) is 102 cm³/mol. The van der Waals surface area contributed by atoms with E-state index in [4.69, 9.17) is 8.94 Å². The molecule has 0 saturated carbocycles. The van der Waals surface area contributed by atoms with Crippen LogP contribution in [0.1, 0.15) is 40.2 Å². The number of furan rings is 1. The lowest BCUT2D eigenvalue weighted by Gasteiger charge is -2.48. The van der Waals surface area contributed by atoms with E-state index in [-0.39, 0.29) is 54.5 Å². The molecule has 0 bridgehead atoms. The van der Waals surface area contributed by atoms with Gasteiger partial charge < -0.3 is 13.8 Å². The third-order valence-corrected chi connectivity index (χ3v) is 8.51. The van der Waals surface area contributed by atoms with Crippen LogP contribution >= 0.6 is 0 Å². The Morgan fingerprint density at radius 2 is 2.03 bits per heavy atom. The SMILES string of the molecule is O=C(c1ccco1)N1CC2(C1)C(c1nc(Cc3ccccc3F)no1)CCS2(=O)=O. The zero-order valence-corrected chi connectivity index (χ0v) is 16.6. The first-order valence-corrected chi connectivity index (χ1v) is 11.2. The van der Waals surface area contributed by atoms with Crippen molar-refractivity contribution in [3.05, 3.63) is 71.5 Å². The topological polar surface area (TPSA) is 107 Å². The van der Waals surface area contributed by atoms with Crippen molar-refractivity contribution in [3.8, 4) is 0 Å². The Morgan fingerprint density at radius 1 is 1.23 bits per heavy atom. The summed E-state index contributed by atoms with van der Waals surface area (Å²) < 4.78 is 49.0. The van der Waals surface area contributed by atoms with Gasteiger partial charge in [0.1, 0.15) is 10.6 Å². The number of amides is 1. The van der Waals surface area contributed by atoms with Crippen LogP contribution in [0.2, 0.25) is 0 Å². The number of carbonyl (C=O) groups excluding carboxylic acids is 1. The molecular formula is C20H18FN3O5S. The van der Waals surface area contributed by atoms with Gasteiger partial charge >= 0.3 is 0 Å². The van der Waals surface area contributed by atoms with Crippen LogP contribution < -0.4 is 0 Å². The Labute approximate surface area is 171 Å². The quantitative estimate of drug-likeness (QED) is 0.623. The molecule has 156 valence electrons. The number of carbonyl (C=O) groups is 1. The average Bonchev–Trinajstić information content (AvgIpc) is 3.41. The highest BCUT2D eigenvalue weighted by molar-refractivity contribution is 7.93. The van der Waals surface area contributed by atoms with E-state index in [2.05, 4.69) is 10.1 Å². The summed E-state index contributed by atoms with van der Waals surface area (Å²) in [5.41, 5.74) is 0.428. The molecule has 0 N–H and O–H groups in total. The normalized spacial score (nSPS) is 21.6. The molecule has 1 atom stereocenters. The number of halogens is 1. The van der Waals surface area contributed by atoms with Gasteiger partial charge in [0.15, 0.2) is 21.4 Å². The Morgan fingerprint density at radius 3 is 2.77 bits per heavy atom. The Bertz CT molecular complexity index is 1200. The zero-order chi connectivity index (χ0) is 20.9. The molecule has 3 aromatic rings. The van der Waals surface area contributed by atoms with Crippen LogP contribution in [0.25, 0.3) is 0 Å². The van der Waals surface area contributed by atoms with Crippen molar-refractivity contribution in [1.29, 1.82) is 0 Å². The molecule has 1 amide bonds. The molecule has 4 heterocycles. The molecular weight excluding hydrogens is 413 g/mol. The average molecular weight is 431 g/mol. The number of hydrogen-bond donors (Lipinski definition) is 0. The van der Waals surface area contributed by atoms with Gasteiger partial charge in [-0.05, 0) is 30.2 Å².